The van der Waals surface area contributed by atoms with Gasteiger partial charge in [-0.1, -0.05) is 90.1 Å². The molecular weight excluding hydrogens is 778 g/mol. The molecule has 0 bridgehead atoms. The fourth-order valence-corrected chi connectivity index (χ4v) is 8.12. The van der Waals surface area contributed by atoms with Crippen LogP contribution < -0.4 is 9.80 Å². The van der Waals surface area contributed by atoms with Gasteiger partial charge in [-0.25, -0.2) is 0 Å². The SMILES string of the molecule is CN1[CH-]N(c2[c-]c(C3(c4[c-]c5c(cc4)c4ccccc4n5-c4[c-]cccc4)c4ccccc4-c4ccccc43)ccc2)c2ccccc21.[Pt+4]. The van der Waals surface area contributed by atoms with Gasteiger partial charge in [-0.15, -0.1) is 28.3 Å². The average molecular weight is 807 g/mol. The Balaban J connectivity index is 0.00000325. The molecule has 0 atom stereocenters. The van der Waals surface area contributed by atoms with Crippen LogP contribution in [0.5, 0.6) is 0 Å². The number of fused-ring (bicyclic) bond motifs is 7. The summed E-state index contributed by atoms with van der Waals surface area (Å²) >= 11 is 0. The second-order valence-electron chi connectivity index (χ2n) is 12.6. The Kier molecular flexibility index (Phi) is 6.90. The van der Waals surface area contributed by atoms with Crippen molar-refractivity contribution in [3.63, 3.8) is 0 Å². The van der Waals surface area contributed by atoms with E-state index in [-0.39, 0.29) is 21.1 Å². The predicted molar refractivity (Wildman–Crippen MR) is 196 cm³/mol. The molecule has 0 amide bonds. The fourth-order valence-electron chi connectivity index (χ4n) is 8.12. The standard InChI is InChI=1S/C45H29N3.Pt/c1-46-30-47(43-25-12-11-24-42(43)46)34-17-13-14-31(28-34)45(39-21-8-5-18-35(39)36-19-6-9-22-40(36)45)32-26-27-38-37-20-7-10-23-41(37)48(44(38)29-32)33-15-3-2-4-16-33;/h2-15,17-27,30H,1H3;/q-4;+4. The maximum Gasteiger partial charge on any atom is 4.00 e. The summed E-state index contributed by atoms with van der Waals surface area (Å²) in [5.74, 6) is 0. The Morgan fingerprint density at radius 1 is 0.551 bits per heavy atom. The Bertz CT molecular complexity index is 2490. The van der Waals surface area contributed by atoms with Crippen molar-refractivity contribution in [2.24, 2.45) is 0 Å². The van der Waals surface area contributed by atoms with E-state index >= 15 is 0 Å². The molecule has 4 heteroatoms. The molecule has 49 heavy (non-hydrogen) atoms. The second-order valence-corrected chi connectivity index (χ2v) is 12.6. The van der Waals surface area contributed by atoms with Crippen molar-refractivity contribution in [3.8, 4) is 16.8 Å². The van der Waals surface area contributed by atoms with E-state index in [2.05, 4.69) is 186 Å². The van der Waals surface area contributed by atoms with Crippen molar-refractivity contribution in [1.82, 2.24) is 4.57 Å². The van der Waals surface area contributed by atoms with Crippen molar-refractivity contribution in [2.45, 2.75) is 5.41 Å². The van der Waals surface area contributed by atoms with Gasteiger partial charge in [0.25, 0.3) is 0 Å². The minimum atomic E-state index is -0.649. The Labute approximate surface area is 300 Å². The van der Waals surface area contributed by atoms with Crippen LogP contribution in [0.2, 0.25) is 0 Å². The molecule has 2 heterocycles. The third kappa shape index (κ3) is 4.19. The Hall–Kier alpha value is -5.37. The van der Waals surface area contributed by atoms with Crippen LogP contribution in [0.25, 0.3) is 38.6 Å². The van der Waals surface area contributed by atoms with Gasteiger partial charge < -0.3 is 14.4 Å². The molecule has 8 aromatic rings. The smallest absolute Gasteiger partial charge is 0.504 e. The Morgan fingerprint density at radius 3 is 1.98 bits per heavy atom. The first-order valence-corrected chi connectivity index (χ1v) is 16.3. The van der Waals surface area contributed by atoms with Crippen LogP contribution in [0.3, 0.4) is 0 Å². The molecule has 0 unspecified atom stereocenters. The van der Waals surface area contributed by atoms with Crippen molar-refractivity contribution in [2.75, 3.05) is 16.8 Å². The molecule has 0 spiro atoms. The molecule has 10 rings (SSSR count). The zero-order valence-corrected chi connectivity index (χ0v) is 28.9. The third-order valence-corrected chi connectivity index (χ3v) is 10.1. The molecule has 3 nitrogen and oxygen atoms in total. The summed E-state index contributed by atoms with van der Waals surface area (Å²) < 4.78 is 2.31. The first-order valence-electron chi connectivity index (χ1n) is 16.3. The van der Waals surface area contributed by atoms with Crippen LogP contribution >= 0.6 is 0 Å². The number of anilines is 3. The number of rotatable bonds is 4. The average Bonchev–Trinajstić information content (AvgIpc) is 3.78. The molecule has 1 aliphatic carbocycles. The van der Waals surface area contributed by atoms with Crippen molar-refractivity contribution >= 4 is 38.9 Å². The van der Waals surface area contributed by atoms with Gasteiger partial charge in [-0.3, -0.25) is 0 Å². The van der Waals surface area contributed by atoms with E-state index in [1.165, 1.54) is 38.7 Å². The second kappa shape index (κ2) is 11.4. The summed E-state index contributed by atoms with van der Waals surface area (Å²) in [6.07, 6.45) is 0. The van der Waals surface area contributed by atoms with Crippen LogP contribution in [-0.4, -0.2) is 11.6 Å². The van der Waals surface area contributed by atoms with Gasteiger partial charge in [-0.2, -0.15) is 73.4 Å². The maximum absolute atomic E-state index is 4.05. The van der Waals surface area contributed by atoms with E-state index in [4.69, 9.17) is 0 Å². The van der Waals surface area contributed by atoms with Crippen LogP contribution in [0.15, 0.2) is 152 Å². The minimum Gasteiger partial charge on any atom is -0.504 e. The first kappa shape index (κ1) is 29.7. The summed E-state index contributed by atoms with van der Waals surface area (Å²) in [6, 6.07) is 65.7. The zero-order valence-electron chi connectivity index (χ0n) is 26.7. The minimum absolute atomic E-state index is 0. The van der Waals surface area contributed by atoms with Gasteiger partial charge in [0, 0.05) is 22.3 Å². The summed E-state index contributed by atoms with van der Waals surface area (Å²) in [4.78, 5) is 4.42. The van der Waals surface area contributed by atoms with Crippen LogP contribution in [0.1, 0.15) is 22.3 Å². The quantitative estimate of drug-likeness (QED) is 0.164. The molecule has 1 aromatic heterocycles. The summed E-state index contributed by atoms with van der Waals surface area (Å²) in [6.45, 7) is 2.15. The fraction of sp³-hybridized carbons (Fsp3) is 0.0444. The third-order valence-electron chi connectivity index (χ3n) is 10.1. The van der Waals surface area contributed by atoms with Gasteiger partial charge in [-0.05, 0) is 52.9 Å². The van der Waals surface area contributed by atoms with Crippen LogP contribution in [0, 0.1) is 24.9 Å². The molecule has 1 aliphatic heterocycles. The number of para-hydroxylation sites is 4. The topological polar surface area (TPSA) is 11.4 Å². The number of hydrogen-bond donors (Lipinski definition) is 0. The van der Waals surface area contributed by atoms with Crippen molar-refractivity contribution in [1.29, 1.82) is 0 Å². The molecule has 2 aliphatic rings. The molecule has 234 valence electrons. The van der Waals surface area contributed by atoms with Gasteiger partial charge in [0.1, 0.15) is 0 Å². The molecule has 0 radical (unpaired) electrons. The van der Waals surface area contributed by atoms with E-state index in [9.17, 15) is 0 Å². The number of benzene rings is 7. The molecule has 0 fully saturated rings. The molecular formula is C45H29N3Pt. The van der Waals surface area contributed by atoms with E-state index in [1.807, 2.05) is 12.1 Å². The zero-order chi connectivity index (χ0) is 31.8. The van der Waals surface area contributed by atoms with Crippen molar-refractivity contribution < 1.29 is 21.1 Å². The van der Waals surface area contributed by atoms with Crippen molar-refractivity contribution in [3.05, 3.63) is 199 Å². The van der Waals surface area contributed by atoms with Gasteiger partial charge in [0.15, 0.2) is 0 Å². The number of hydrogen-bond acceptors (Lipinski definition) is 2. The monoisotopic (exact) mass is 806 g/mol. The molecule has 0 N–H and O–H groups in total. The maximum atomic E-state index is 4.05. The Morgan fingerprint density at radius 2 is 1.20 bits per heavy atom. The van der Waals surface area contributed by atoms with E-state index in [0.717, 1.165) is 39.2 Å². The molecule has 7 aromatic carbocycles. The number of aromatic nitrogens is 1. The van der Waals surface area contributed by atoms with Gasteiger partial charge in [0.2, 0.25) is 0 Å². The van der Waals surface area contributed by atoms with Crippen LogP contribution in [0.4, 0.5) is 17.1 Å². The normalized spacial score (nSPS) is 14.1. The van der Waals surface area contributed by atoms with Gasteiger partial charge in [0.05, 0.1) is 0 Å². The van der Waals surface area contributed by atoms with E-state index in [1.54, 1.807) is 0 Å². The summed E-state index contributed by atoms with van der Waals surface area (Å²) in [7, 11) is 2.10. The largest absolute Gasteiger partial charge is 4.00 e. The molecule has 0 saturated heterocycles. The summed E-state index contributed by atoms with van der Waals surface area (Å²) in [5, 5.41) is 2.38. The van der Waals surface area contributed by atoms with E-state index < -0.39 is 5.41 Å². The predicted octanol–water partition coefficient (Wildman–Crippen LogP) is 10.3. The summed E-state index contributed by atoms with van der Waals surface area (Å²) in [5.41, 5.74) is 13.0. The first-order chi connectivity index (χ1) is 23.7. The molecule has 0 saturated carbocycles. The van der Waals surface area contributed by atoms with E-state index in [0.29, 0.717) is 0 Å². The number of nitrogens with zero attached hydrogens (tertiary/aromatic N) is 3. The van der Waals surface area contributed by atoms with Crippen LogP contribution in [-0.2, 0) is 26.5 Å². The van der Waals surface area contributed by atoms with Gasteiger partial charge >= 0.3 is 21.1 Å².